The van der Waals surface area contributed by atoms with E-state index >= 15 is 0 Å². The largest absolute Gasteiger partial charge is 0.543 e. The van der Waals surface area contributed by atoms with E-state index in [0.29, 0.717) is 4.48 Å². The first-order chi connectivity index (χ1) is 6.36. The monoisotopic (exact) mass is 247 g/mol. The van der Waals surface area contributed by atoms with Crippen LogP contribution in [0.5, 0.6) is 0 Å². The van der Waals surface area contributed by atoms with Gasteiger partial charge < -0.3 is 19.5 Å². The van der Waals surface area contributed by atoms with Gasteiger partial charge >= 0.3 is 11.4 Å². The third kappa shape index (κ3) is 15.8. The van der Waals surface area contributed by atoms with Crippen LogP contribution in [0.15, 0.2) is 0 Å². The van der Waals surface area contributed by atoms with E-state index in [-0.39, 0.29) is 6.54 Å². The maximum atomic E-state index is 10.9. The normalized spacial score (nSPS) is 11.3. The maximum absolute atomic E-state index is 10.9. The van der Waals surface area contributed by atoms with Crippen LogP contribution in [0.4, 0.5) is 8.78 Å². The molecular weight excluding hydrogens is 236 g/mol. The van der Waals surface area contributed by atoms with Crippen molar-refractivity contribution in [1.29, 1.82) is 0 Å². The Hall–Kier alpha value is -0.950. The minimum Gasteiger partial charge on any atom is -0.543 e. The van der Waals surface area contributed by atoms with Gasteiger partial charge in [-0.15, -0.1) is 0 Å². The molecule has 0 aliphatic heterocycles. The lowest BCUT2D eigenvalue weighted by atomic mass is 10.5. The Morgan fingerprint density at radius 2 is 1.67 bits per heavy atom. The van der Waals surface area contributed by atoms with Crippen molar-refractivity contribution in [3.05, 3.63) is 0 Å². The summed E-state index contributed by atoms with van der Waals surface area (Å²) in [4.78, 5) is 19.0. The third-order valence-electron chi connectivity index (χ3n) is 0.841. The number of hydrogen-bond donors (Lipinski definition) is 1. The van der Waals surface area contributed by atoms with Crippen molar-refractivity contribution in [2.24, 2.45) is 0 Å². The molecule has 0 atom stereocenters. The molecule has 0 spiro atoms. The molecule has 0 aliphatic rings. The first-order valence-electron chi connectivity index (χ1n) is 3.66. The van der Waals surface area contributed by atoms with Gasteiger partial charge in [0.25, 0.3) is 0 Å². The minimum atomic E-state index is -4.22. The molecule has 8 heteroatoms. The lowest BCUT2D eigenvalue weighted by Gasteiger charge is -2.20. The molecule has 1 N–H and O–H groups in total. The topological polar surface area (TPSA) is 77.4 Å². The van der Waals surface area contributed by atoms with Gasteiger partial charge in [-0.05, 0) is 11.6 Å². The standard InChI is InChI=1S/C5H11NO2.C2HClF2O2/c1-6(2,3)4-5(7)8;3-2(4,5)1(6)7/h4H2,1-3H3;(H,6,7). The first kappa shape index (κ1) is 16.5. The van der Waals surface area contributed by atoms with Gasteiger partial charge in [0, 0.05) is 0 Å². The molecule has 0 aromatic heterocycles. The van der Waals surface area contributed by atoms with E-state index < -0.39 is 17.3 Å². The molecule has 5 nitrogen and oxygen atoms in total. The molecule has 0 aliphatic carbocycles. The van der Waals surface area contributed by atoms with Crippen LogP contribution in [0.25, 0.3) is 0 Å². The molecule has 90 valence electrons. The maximum Gasteiger partial charge on any atom is 0.362 e. The Morgan fingerprint density at radius 1 is 1.40 bits per heavy atom. The number of rotatable bonds is 3. The van der Waals surface area contributed by atoms with Crippen molar-refractivity contribution in [2.75, 3.05) is 27.7 Å². The van der Waals surface area contributed by atoms with E-state index in [4.69, 9.17) is 15.0 Å². The molecule has 0 heterocycles. The zero-order valence-electron chi connectivity index (χ0n) is 8.46. The number of carbonyl (C=O) groups excluding carboxylic acids is 1. The Labute approximate surface area is 90.5 Å². The van der Waals surface area contributed by atoms with Gasteiger partial charge in [0.05, 0.1) is 21.1 Å². The van der Waals surface area contributed by atoms with E-state index in [1.54, 1.807) is 0 Å². The van der Waals surface area contributed by atoms with Gasteiger partial charge in [0.15, 0.2) is 6.54 Å². The highest BCUT2D eigenvalue weighted by Gasteiger charge is 2.25. The summed E-state index contributed by atoms with van der Waals surface area (Å²) in [5.74, 6) is -3.33. The molecular formula is C7H12ClF2NO4. The number of alkyl halides is 3. The second-order valence-electron chi connectivity index (χ2n) is 3.63. The second-order valence-corrected chi connectivity index (χ2v) is 4.10. The highest BCUT2D eigenvalue weighted by molar-refractivity contribution is 6.30. The fourth-order valence-electron chi connectivity index (χ4n) is 0.406. The van der Waals surface area contributed by atoms with Crippen LogP contribution in [0.2, 0.25) is 0 Å². The van der Waals surface area contributed by atoms with Crippen molar-refractivity contribution in [3.63, 3.8) is 0 Å². The minimum absolute atomic E-state index is 0.181. The molecule has 0 aromatic carbocycles. The van der Waals surface area contributed by atoms with Crippen LogP contribution in [0, 0.1) is 0 Å². The van der Waals surface area contributed by atoms with Crippen molar-refractivity contribution >= 4 is 23.5 Å². The number of aliphatic carboxylic acids is 2. The Kier molecular flexibility index (Phi) is 6.39. The number of nitrogens with zero attached hydrogens (tertiary/aromatic N) is 1. The summed E-state index contributed by atoms with van der Waals surface area (Å²) in [5, 5.41) is 13.0. The van der Waals surface area contributed by atoms with Gasteiger partial charge in [0.2, 0.25) is 0 Å². The SMILES string of the molecule is C[N+](C)(C)CC(=O)O.O=C([O-])C(F)(F)Cl. The van der Waals surface area contributed by atoms with Gasteiger partial charge in [-0.2, -0.15) is 8.78 Å². The van der Waals surface area contributed by atoms with Crippen molar-refractivity contribution < 1.29 is 33.1 Å². The summed E-state index contributed by atoms with van der Waals surface area (Å²) in [5.41, 5.74) is 0. The summed E-state index contributed by atoms with van der Waals surface area (Å²) in [6.45, 7) is 0.181. The average Bonchev–Trinajstić information content (AvgIpc) is 1.78. The van der Waals surface area contributed by atoms with E-state index in [1.807, 2.05) is 21.1 Å². The van der Waals surface area contributed by atoms with Crippen LogP contribution in [-0.4, -0.2) is 54.6 Å². The number of halogens is 3. The number of carboxylic acid groups (broad SMARTS) is 2. The van der Waals surface area contributed by atoms with E-state index in [0.717, 1.165) is 0 Å². The molecule has 0 rings (SSSR count). The summed E-state index contributed by atoms with van der Waals surface area (Å²) in [7, 11) is 5.52. The van der Waals surface area contributed by atoms with Crippen molar-refractivity contribution in [3.8, 4) is 0 Å². The Bertz CT molecular complexity index is 234. The van der Waals surface area contributed by atoms with Crippen LogP contribution in [-0.2, 0) is 9.59 Å². The lowest BCUT2D eigenvalue weighted by Crippen LogP contribution is -2.39. The van der Waals surface area contributed by atoms with Gasteiger partial charge in [-0.3, -0.25) is 0 Å². The van der Waals surface area contributed by atoms with E-state index in [2.05, 4.69) is 11.6 Å². The van der Waals surface area contributed by atoms with Crippen LogP contribution in [0.3, 0.4) is 0 Å². The average molecular weight is 248 g/mol. The van der Waals surface area contributed by atoms with Crippen LogP contribution < -0.4 is 5.11 Å². The first-order valence-corrected chi connectivity index (χ1v) is 4.04. The zero-order chi connectivity index (χ0) is 12.9. The number of quaternary nitrogens is 1. The van der Waals surface area contributed by atoms with E-state index in [9.17, 15) is 13.6 Å². The Morgan fingerprint density at radius 3 is 1.67 bits per heavy atom. The van der Waals surface area contributed by atoms with Gasteiger partial charge in [-0.1, -0.05) is 0 Å². The predicted molar refractivity (Wildman–Crippen MR) is 46.3 cm³/mol. The summed E-state index contributed by atoms with van der Waals surface area (Å²) < 4.78 is 22.4. The fraction of sp³-hybridized carbons (Fsp3) is 0.714. The Balaban J connectivity index is 0. The van der Waals surface area contributed by atoms with Crippen LogP contribution in [0.1, 0.15) is 0 Å². The lowest BCUT2D eigenvalue weighted by molar-refractivity contribution is -0.862. The van der Waals surface area contributed by atoms with Gasteiger partial charge in [-0.25, -0.2) is 4.79 Å². The fourth-order valence-corrected chi connectivity index (χ4v) is 0.406. The molecule has 0 radical (unpaired) electrons. The number of carbonyl (C=O) groups is 2. The van der Waals surface area contributed by atoms with Crippen molar-refractivity contribution in [1.82, 2.24) is 0 Å². The molecule has 0 unspecified atom stereocenters. The number of hydrogen-bond acceptors (Lipinski definition) is 3. The smallest absolute Gasteiger partial charge is 0.362 e. The van der Waals surface area contributed by atoms with Crippen molar-refractivity contribution in [2.45, 2.75) is 5.38 Å². The summed E-state index contributed by atoms with van der Waals surface area (Å²) >= 11 is 3.87. The molecule has 15 heavy (non-hydrogen) atoms. The van der Waals surface area contributed by atoms with E-state index in [1.165, 1.54) is 0 Å². The highest BCUT2D eigenvalue weighted by Crippen LogP contribution is 2.15. The molecule has 0 saturated heterocycles. The van der Waals surface area contributed by atoms with Gasteiger partial charge in [0.1, 0.15) is 5.97 Å². The molecule has 0 fully saturated rings. The number of carboxylic acids is 2. The second kappa shape index (κ2) is 5.82. The quantitative estimate of drug-likeness (QED) is 0.531. The zero-order valence-corrected chi connectivity index (χ0v) is 9.22. The predicted octanol–water partition coefficient (Wildman–Crippen LogP) is -0.655. The molecule has 0 amide bonds. The molecule has 0 saturated carbocycles. The highest BCUT2D eigenvalue weighted by atomic mass is 35.5. The molecule has 0 aromatic rings. The van der Waals surface area contributed by atoms with Crippen LogP contribution >= 0.6 is 11.6 Å². The third-order valence-corrected chi connectivity index (χ3v) is 0.995. The number of likely N-dealkylation sites (N-methyl/N-ethyl adjacent to an activating group) is 1. The summed E-state index contributed by atoms with van der Waals surface area (Å²) in [6.07, 6.45) is 0. The molecule has 0 bridgehead atoms. The summed E-state index contributed by atoms with van der Waals surface area (Å²) in [6, 6.07) is 0.